The lowest BCUT2D eigenvalue weighted by Crippen LogP contribution is -2.43. The highest BCUT2D eigenvalue weighted by Gasteiger charge is 2.23. The first-order valence-electron chi connectivity index (χ1n) is 15.3. The summed E-state index contributed by atoms with van der Waals surface area (Å²) in [5.41, 5.74) is 5.09. The first-order valence-corrected chi connectivity index (χ1v) is 15.3. The minimum atomic E-state index is -0.895. The minimum absolute atomic E-state index is 0.203. The molecule has 0 aliphatic rings. The van der Waals surface area contributed by atoms with Crippen molar-refractivity contribution in [3.05, 3.63) is 161 Å². The smallest absolute Gasteiger partial charge is 0.328 e. The maximum absolute atomic E-state index is 13.0. The Morgan fingerprint density at radius 3 is 1.91 bits per heavy atom. The molecule has 238 valence electrons. The molecule has 0 aliphatic heterocycles. The fourth-order valence-electron chi connectivity index (χ4n) is 4.93. The van der Waals surface area contributed by atoms with Gasteiger partial charge in [-0.1, -0.05) is 91.0 Å². The molecular formula is C39H36N2O6. The zero-order chi connectivity index (χ0) is 32.8. The van der Waals surface area contributed by atoms with E-state index in [-0.39, 0.29) is 18.9 Å². The van der Waals surface area contributed by atoms with E-state index in [1.165, 1.54) is 7.11 Å². The molecule has 2 amide bonds. The molecule has 2 N–H and O–H groups in total. The van der Waals surface area contributed by atoms with Crippen LogP contribution in [0.15, 0.2) is 133 Å². The van der Waals surface area contributed by atoms with Crippen LogP contribution >= 0.6 is 0 Å². The predicted octanol–water partition coefficient (Wildman–Crippen LogP) is 6.39. The zero-order valence-corrected chi connectivity index (χ0v) is 26.1. The molecule has 8 nitrogen and oxygen atoms in total. The standard InChI is InChI=1S/C39H36N2O6/c1-45-39(44)36(25-29-16-20-33(21-17-29)46-26-30-12-6-3-7-13-30)41-38(43)31-18-22-34(23-19-31)47-27-37(42)40-35-15-9-8-14-32(35)24-28-10-4-2-5-11-28/h2-23,36H,24-27H2,1H3,(H,40,42)(H,41,43). The summed E-state index contributed by atoms with van der Waals surface area (Å²) >= 11 is 0. The molecule has 0 aliphatic carbocycles. The molecule has 0 saturated heterocycles. The van der Waals surface area contributed by atoms with Crippen LogP contribution in [0.5, 0.6) is 11.5 Å². The second-order valence-electron chi connectivity index (χ2n) is 10.9. The average molecular weight is 629 g/mol. The van der Waals surface area contributed by atoms with E-state index in [1.54, 1.807) is 24.3 Å². The normalized spacial score (nSPS) is 11.2. The van der Waals surface area contributed by atoms with Gasteiger partial charge in [-0.2, -0.15) is 0 Å². The molecule has 5 aromatic rings. The topological polar surface area (TPSA) is 103 Å². The van der Waals surface area contributed by atoms with Crippen LogP contribution in [0.25, 0.3) is 0 Å². The molecule has 0 heterocycles. The monoisotopic (exact) mass is 628 g/mol. The van der Waals surface area contributed by atoms with E-state index in [0.717, 1.165) is 27.9 Å². The van der Waals surface area contributed by atoms with Crippen molar-refractivity contribution in [3.63, 3.8) is 0 Å². The van der Waals surface area contributed by atoms with Crippen LogP contribution < -0.4 is 20.1 Å². The number of hydrogen-bond acceptors (Lipinski definition) is 6. The fraction of sp³-hybridized carbons (Fsp3) is 0.154. The number of hydrogen-bond donors (Lipinski definition) is 2. The van der Waals surface area contributed by atoms with Gasteiger partial charge in [0.1, 0.15) is 24.1 Å². The number of rotatable bonds is 14. The van der Waals surface area contributed by atoms with Crippen molar-refractivity contribution in [1.82, 2.24) is 5.32 Å². The first-order chi connectivity index (χ1) is 23.0. The Kier molecular flexibility index (Phi) is 11.4. The van der Waals surface area contributed by atoms with E-state index in [9.17, 15) is 14.4 Å². The summed E-state index contributed by atoms with van der Waals surface area (Å²) in [5, 5.41) is 5.69. The molecular weight excluding hydrogens is 592 g/mol. The third-order valence-corrected chi connectivity index (χ3v) is 7.42. The number of amides is 2. The van der Waals surface area contributed by atoms with Gasteiger partial charge in [0, 0.05) is 17.7 Å². The number of carbonyl (C=O) groups is 3. The van der Waals surface area contributed by atoms with Crippen LogP contribution in [0, 0.1) is 0 Å². The highest BCUT2D eigenvalue weighted by molar-refractivity contribution is 5.97. The molecule has 1 atom stereocenters. The van der Waals surface area contributed by atoms with Crippen molar-refractivity contribution in [2.75, 3.05) is 19.0 Å². The van der Waals surface area contributed by atoms with Gasteiger partial charge in [-0.3, -0.25) is 9.59 Å². The van der Waals surface area contributed by atoms with Gasteiger partial charge in [-0.05, 0) is 71.1 Å². The summed E-state index contributed by atoms with van der Waals surface area (Å²) in [5.74, 6) is -0.178. The summed E-state index contributed by atoms with van der Waals surface area (Å²) < 4.78 is 16.5. The predicted molar refractivity (Wildman–Crippen MR) is 180 cm³/mol. The summed E-state index contributed by atoms with van der Waals surface area (Å²) in [4.78, 5) is 38.3. The van der Waals surface area contributed by atoms with Crippen molar-refractivity contribution in [2.24, 2.45) is 0 Å². The van der Waals surface area contributed by atoms with Crippen molar-refractivity contribution in [3.8, 4) is 11.5 Å². The fourth-order valence-corrected chi connectivity index (χ4v) is 4.93. The van der Waals surface area contributed by atoms with Gasteiger partial charge in [0.05, 0.1) is 7.11 Å². The average Bonchev–Trinajstić information content (AvgIpc) is 3.11. The molecule has 0 radical (unpaired) electrons. The van der Waals surface area contributed by atoms with E-state index in [0.29, 0.717) is 30.1 Å². The number of benzene rings is 5. The number of methoxy groups -OCH3 is 1. The Morgan fingerprint density at radius 1 is 0.638 bits per heavy atom. The van der Waals surface area contributed by atoms with E-state index < -0.39 is 17.9 Å². The Hall–Kier alpha value is -5.89. The van der Waals surface area contributed by atoms with Gasteiger partial charge in [0.25, 0.3) is 11.8 Å². The maximum atomic E-state index is 13.0. The number of nitrogens with one attached hydrogen (secondary N) is 2. The third kappa shape index (κ3) is 9.80. The SMILES string of the molecule is COC(=O)C(Cc1ccc(OCc2ccccc2)cc1)NC(=O)c1ccc(OCC(=O)Nc2ccccc2Cc2ccccc2)cc1. The van der Waals surface area contributed by atoms with Crippen LogP contribution in [0.4, 0.5) is 5.69 Å². The Bertz CT molecular complexity index is 1760. The van der Waals surface area contributed by atoms with Gasteiger partial charge in [0.2, 0.25) is 0 Å². The zero-order valence-electron chi connectivity index (χ0n) is 26.1. The highest BCUT2D eigenvalue weighted by Crippen LogP contribution is 2.20. The third-order valence-electron chi connectivity index (χ3n) is 7.42. The van der Waals surface area contributed by atoms with E-state index in [4.69, 9.17) is 14.2 Å². The number of para-hydroxylation sites is 1. The van der Waals surface area contributed by atoms with Crippen molar-refractivity contribution in [2.45, 2.75) is 25.5 Å². The number of carbonyl (C=O) groups excluding carboxylic acids is 3. The van der Waals surface area contributed by atoms with Gasteiger partial charge >= 0.3 is 5.97 Å². The van der Waals surface area contributed by atoms with Gasteiger partial charge < -0.3 is 24.8 Å². The summed E-state index contributed by atoms with van der Waals surface area (Å²) in [6.45, 7) is 0.244. The quantitative estimate of drug-likeness (QED) is 0.138. The second kappa shape index (κ2) is 16.4. The molecule has 47 heavy (non-hydrogen) atoms. The summed E-state index contributed by atoms with van der Waals surface area (Å²) in [7, 11) is 1.28. The van der Waals surface area contributed by atoms with E-state index in [2.05, 4.69) is 10.6 Å². The van der Waals surface area contributed by atoms with Gasteiger partial charge in [-0.25, -0.2) is 4.79 Å². The van der Waals surface area contributed by atoms with Crippen molar-refractivity contribution < 1.29 is 28.6 Å². The van der Waals surface area contributed by atoms with Gasteiger partial charge in [0.15, 0.2) is 6.61 Å². The lowest BCUT2D eigenvalue weighted by atomic mass is 10.0. The first kappa shape index (κ1) is 32.5. The molecule has 1 unspecified atom stereocenters. The van der Waals surface area contributed by atoms with E-state index >= 15 is 0 Å². The second-order valence-corrected chi connectivity index (χ2v) is 10.9. The molecule has 8 heteroatoms. The largest absolute Gasteiger partial charge is 0.489 e. The summed E-state index contributed by atoms with van der Waals surface area (Å²) in [6.07, 6.45) is 0.928. The lowest BCUT2D eigenvalue weighted by molar-refractivity contribution is -0.142. The molecule has 0 spiro atoms. The van der Waals surface area contributed by atoms with Crippen LogP contribution in [-0.4, -0.2) is 37.5 Å². The minimum Gasteiger partial charge on any atom is -0.489 e. The van der Waals surface area contributed by atoms with Crippen LogP contribution in [0.3, 0.4) is 0 Å². The highest BCUT2D eigenvalue weighted by atomic mass is 16.5. The number of esters is 1. The summed E-state index contributed by atoms with van der Waals surface area (Å²) in [6, 6.07) is 40.4. The Labute approximate surface area is 274 Å². The van der Waals surface area contributed by atoms with Crippen molar-refractivity contribution in [1.29, 1.82) is 0 Å². The number of ether oxygens (including phenoxy) is 3. The molecule has 5 rings (SSSR count). The van der Waals surface area contributed by atoms with Crippen LogP contribution in [-0.2, 0) is 33.8 Å². The lowest BCUT2D eigenvalue weighted by Gasteiger charge is -2.17. The maximum Gasteiger partial charge on any atom is 0.328 e. The Morgan fingerprint density at radius 2 is 1.23 bits per heavy atom. The number of anilines is 1. The van der Waals surface area contributed by atoms with E-state index in [1.807, 2.05) is 109 Å². The molecule has 5 aromatic carbocycles. The Balaban J connectivity index is 1.12. The van der Waals surface area contributed by atoms with Gasteiger partial charge in [-0.15, -0.1) is 0 Å². The molecule has 0 bridgehead atoms. The molecule has 0 saturated carbocycles. The van der Waals surface area contributed by atoms with Crippen LogP contribution in [0.2, 0.25) is 0 Å². The van der Waals surface area contributed by atoms with Crippen LogP contribution in [0.1, 0.15) is 32.6 Å². The molecule has 0 aromatic heterocycles. The molecule has 0 fully saturated rings. The van der Waals surface area contributed by atoms with Crippen molar-refractivity contribution >= 4 is 23.5 Å².